The zero-order chi connectivity index (χ0) is 16.5. The minimum absolute atomic E-state index is 0.126. The summed E-state index contributed by atoms with van der Waals surface area (Å²) in [5, 5.41) is 0. The molecule has 0 radical (unpaired) electrons. The monoisotopic (exact) mass is 326 g/mol. The van der Waals surface area contributed by atoms with Gasteiger partial charge in [0.25, 0.3) is 11.5 Å². The highest BCUT2D eigenvalue weighted by Crippen LogP contribution is 2.35. The first-order valence-corrected chi connectivity index (χ1v) is 8.82. The lowest BCUT2D eigenvalue weighted by atomic mass is 9.78. The van der Waals surface area contributed by atoms with Gasteiger partial charge in [-0.15, -0.1) is 0 Å². The standard InChI is InChI=1S/C19H22N2O3/c22-18-14(9-10-15(20-18)17-8-4-12-24-17)19(23)21-11-3-6-13-5-1-2-7-16(13)21/h4,8-10,12-13,16H,1-3,5-7,11H2,(H,20,22)/t13-,16-/m0/s1. The van der Waals surface area contributed by atoms with Crippen LogP contribution < -0.4 is 5.56 Å². The predicted molar refractivity (Wildman–Crippen MR) is 90.8 cm³/mol. The largest absolute Gasteiger partial charge is 0.463 e. The number of nitrogens with one attached hydrogen (secondary N) is 1. The van der Waals surface area contributed by atoms with Crippen molar-refractivity contribution in [1.82, 2.24) is 9.88 Å². The van der Waals surface area contributed by atoms with Crippen LogP contribution in [-0.2, 0) is 0 Å². The molecule has 2 aromatic heterocycles. The van der Waals surface area contributed by atoms with Gasteiger partial charge in [0, 0.05) is 12.6 Å². The number of furan rings is 1. The van der Waals surface area contributed by atoms with E-state index in [9.17, 15) is 9.59 Å². The van der Waals surface area contributed by atoms with E-state index in [-0.39, 0.29) is 17.0 Å². The number of amides is 1. The van der Waals surface area contributed by atoms with Crippen molar-refractivity contribution in [3.05, 3.63) is 46.4 Å². The van der Waals surface area contributed by atoms with Crippen molar-refractivity contribution in [3.63, 3.8) is 0 Å². The molecule has 126 valence electrons. The molecule has 0 bridgehead atoms. The summed E-state index contributed by atoms with van der Waals surface area (Å²) in [6.45, 7) is 0.763. The number of nitrogens with zero attached hydrogens (tertiary/aromatic N) is 1. The molecule has 0 unspecified atom stereocenters. The third-order valence-corrected chi connectivity index (χ3v) is 5.43. The second kappa shape index (κ2) is 6.30. The number of pyridine rings is 1. The molecule has 3 heterocycles. The fourth-order valence-electron chi connectivity index (χ4n) is 4.25. The zero-order valence-electron chi connectivity index (χ0n) is 13.7. The molecule has 1 amide bonds. The van der Waals surface area contributed by atoms with E-state index >= 15 is 0 Å². The number of carbonyl (C=O) groups excluding carboxylic acids is 1. The van der Waals surface area contributed by atoms with Gasteiger partial charge < -0.3 is 14.3 Å². The molecule has 2 fully saturated rings. The van der Waals surface area contributed by atoms with Crippen LogP contribution in [0.25, 0.3) is 11.5 Å². The van der Waals surface area contributed by atoms with Gasteiger partial charge in [-0.1, -0.05) is 12.8 Å². The van der Waals surface area contributed by atoms with Gasteiger partial charge >= 0.3 is 0 Å². The van der Waals surface area contributed by atoms with Crippen LogP contribution >= 0.6 is 0 Å². The van der Waals surface area contributed by atoms with Gasteiger partial charge in [0.05, 0.1) is 12.0 Å². The normalized spacial score (nSPS) is 23.8. The van der Waals surface area contributed by atoms with Crippen molar-refractivity contribution in [2.75, 3.05) is 6.54 Å². The molecular weight excluding hydrogens is 304 g/mol. The number of fused-ring (bicyclic) bond motifs is 1. The maximum absolute atomic E-state index is 13.0. The lowest BCUT2D eigenvalue weighted by Gasteiger charge is -2.44. The second-order valence-corrected chi connectivity index (χ2v) is 6.84. The number of likely N-dealkylation sites (tertiary alicyclic amines) is 1. The van der Waals surface area contributed by atoms with Gasteiger partial charge in [0.2, 0.25) is 0 Å². The molecule has 4 rings (SSSR count). The molecule has 2 aliphatic rings. The molecule has 1 aliphatic heterocycles. The number of hydrogen-bond acceptors (Lipinski definition) is 3. The number of carbonyl (C=O) groups is 1. The number of piperidine rings is 1. The summed E-state index contributed by atoms with van der Waals surface area (Å²) < 4.78 is 5.30. The van der Waals surface area contributed by atoms with Crippen LogP contribution in [0.5, 0.6) is 0 Å². The van der Waals surface area contributed by atoms with E-state index in [1.165, 1.54) is 25.7 Å². The number of aromatic nitrogens is 1. The molecule has 5 heteroatoms. The summed E-state index contributed by atoms with van der Waals surface area (Å²) in [7, 11) is 0. The summed E-state index contributed by atoms with van der Waals surface area (Å²) in [6.07, 6.45) is 8.53. The molecule has 24 heavy (non-hydrogen) atoms. The summed E-state index contributed by atoms with van der Waals surface area (Å²) in [5.41, 5.74) is 0.485. The van der Waals surface area contributed by atoms with E-state index in [4.69, 9.17) is 4.42 Å². The SMILES string of the molecule is O=C(c1ccc(-c2ccco2)[nH]c1=O)N1CCC[C@@H]2CCCC[C@@H]21. The number of hydrogen-bond donors (Lipinski definition) is 1. The third-order valence-electron chi connectivity index (χ3n) is 5.43. The zero-order valence-corrected chi connectivity index (χ0v) is 13.7. The van der Waals surface area contributed by atoms with E-state index in [0.717, 1.165) is 19.4 Å². The van der Waals surface area contributed by atoms with Gasteiger partial charge in [-0.25, -0.2) is 0 Å². The minimum atomic E-state index is -0.341. The smallest absolute Gasteiger partial charge is 0.261 e. The summed E-state index contributed by atoms with van der Waals surface area (Å²) in [4.78, 5) is 30.1. The van der Waals surface area contributed by atoms with Gasteiger partial charge in [-0.3, -0.25) is 9.59 Å². The lowest BCUT2D eigenvalue weighted by molar-refractivity contribution is 0.0389. The molecule has 1 aliphatic carbocycles. The average Bonchev–Trinajstić information content (AvgIpc) is 3.15. The molecule has 2 atom stereocenters. The third kappa shape index (κ3) is 2.68. The van der Waals surface area contributed by atoms with Crippen molar-refractivity contribution in [2.45, 2.75) is 44.6 Å². The average molecular weight is 326 g/mol. The minimum Gasteiger partial charge on any atom is -0.463 e. The molecule has 0 aromatic carbocycles. The van der Waals surface area contributed by atoms with Crippen LogP contribution in [0.3, 0.4) is 0 Å². The number of H-pyrrole nitrogens is 1. The van der Waals surface area contributed by atoms with Gasteiger partial charge in [0.15, 0.2) is 0 Å². The van der Waals surface area contributed by atoms with E-state index < -0.39 is 0 Å². The van der Waals surface area contributed by atoms with Crippen molar-refractivity contribution in [1.29, 1.82) is 0 Å². The highest BCUT2D eigenvalue weighted by molar-refractivity contribution is 5.94. The Morgan fingerprint density at radius 2 is 1.96 bits per heavy atom. The predicted octanol–water partition coefficient (Wildman–Crippen LogP) is 3.43. The van der Waals surface area contributed by atoms with Crippen LogP contribution in [0.1, 0.15) is 48.9 Å². The highest BCUT2D eigenvalue weighted by atomic mass is 16.3. The van der Waals surface area contributed by atoms with Crippen molar-refractivity contribution in [3.8, 4) is 11.5 Å². The van der Waals surface area contributed by atoms with Crippen LogP contribution in [-0.4, -0.2) is 28.4 Å². The van der Waals surface area contributed by atoms with Crippen LogP contribution in [0.4, 0.5) is 0 Å². The first-order chi connectivity index (χ1) is 11.7. The fourth-order valence-corrected chi connectivity index (χ4v) is 4.25. The maximum Gasteiger partial charge on any atom is 0.261 e. The van der Waals surface area contributed by atoms with Gasteiger partial charge in [0.1, 0.15) is 11.3 Å². The van der Waals surface area contributed by atoms with E-state index in [1.54, 1.807) is 30.5 Å². The number of aromatic amines is 1. The highest BCUT2D eigenvalue weighted by Gasteiger charge is 2.36. The Morgan fingerprint density at radius 1 is 1.12 bits per heavy atom. The van der Waals surface area contributed by atoms with Crippen LogP contribution in [0.15, 0.2) is 39.7 Å². The molecule has 0 spiro atoms. The quantitative estimate of drug-likeness (QED) is 0.919. The Labute approximate surface area is 140 Å². The molecule has 5 nitrogen and oxygen atoms in total. The lowest BCUT2D eigenvalue weighted by Crippen LogP contribution is -2.50. The van der Waals surface area contributed by atoms with Crippen molar-refractivity contribution >= 4 is 5.91 Å². The Kier molecular flexibility index (Phi) is 4.00. The summed E-state index contributed by atoms with van der Waals surface area (Å²) >= 11 is 0. The van der Waals surface area contributed by atoms with Crippen LogP contribution in [0, 0.1) is 5.92 Å². The maximum atomic E-state index is 13.0. The van der Waals surface area contributed by atoms with E-state index in [0.29, 0.717) is 23.4 Å². The second-order valence-electron chi connectivity index (χ2n) is 6.84. The van der Waals surface area contributed by atoms with Crippen molar-refractivity contribution in [2.24, 2.45) is 5.92 Å². The molecule has 1 saturated carbocycles. The Bertz CT molecular complexity index is 776. The first kappa shape index (κ1) is 15.2. The molecule has 1 N–H and O–H groups in total. The Morgan fingerprint density at radius 3 is 2.75 bits per heavy atom. The molecule has 2 aromatic rings. The Hall–Kier alpha value is -2.30. The summed E-state index contributed by atoms with van der Waals surface area (Å²) in [5.74, 6) is 1.08. The van der Waals surface area contributed by atoms with Gasteiger partial charge in [-0.05, 0) is 55.9 Å². The van der Waals surface area contributed by atoms with Crippen LogP contribution in [0.2, 0.25) is 0 Å². The first-order valence-electron chi connectivity index (χ1n) is 8.82. The van der Waals surface area contributed by atoms with E-state index in [1.807, 2.05) is 4.90 Å². The molecular formula is C19H22N2O3. The molecule has 1 saturated heterocycles. The Balaban J connectivity index is 1.61. The fraction of sp³-hybridized carbons (Fsp3) is 0.474. The summed E-state index contributed by atoms with van der Waals surface area (Å²) in [6, 6.07) is 7.23. The van der Waals surface area contributed by atoms with Gasteiger partial charge in [-0.2, -0.15) is 0 Å². The number of rotatable bonds is 2. The topological polar surface area (TPSA) is 66.3 Å². The van der Waals surface area contributed by atoms with E-state index in [2.05, 4.69) is 4.98 Å². The van der Waals surface area contributed by atoms with Crippen molar-refractivity contribution < 1.29 is 9.21 Å².